The van der Waals surface area contributed by atoms with Crippen molar-refractivity contribution in [2.75, 3.05) is 10.6 Å². The van der Waals surface area contributed by atoms with Gasteiger partial charge in [-0.15, -0.1) is 0 Å². The highest BCUT2D eigenvalue weighted by molar-refractivity contribution is 6.05. The number of hydrogen-bond donors (Lipinski definition) is 2. The van der Waals surface area contributed by atoms with Crippen LogP contribution in [0.15, 0.2) is 66.9 Å². The summed E-state index contributed by atoms with van der Waals surface area (Å²) in [4.78, 5) is 16.5. The molecule has 0 aliphatic carbocycles. The molecule has 3 rings (SSSR count). The van der Waals surface area contributed by atoms with Gasteiger partial charge in [0.05, 0.1) is 11.9 Å². The molecule has 2 aromatic carbocycles. The van der Waals surface area contributed by atoms with E-state index < -0.39 is 0 Å². The Hall–Kier alpha value is -3.21. The van der Waals surface area contributed by atoms with Crippen molar-refractivity contribution in [1.82, 2.24) is 4.98 Å². The average molecular weight is 321 g/mol. The van der Waals surface area contributed by atoms with Gasteiger partial charge in [0.25, 0.3) is 5.91 Å². The van der Waals surface area contributed by atoms with Crippen LogP contribution in [0.3, 0.4) is 0 Å². The summed E-state index contributed by atoms with van der Waals surface area (Å²) in [5.41, 5.74) is 2.74. The van der Waals surface area contributed by atoms with Crippen LogP contribution in [0.25, 0.3) is 0 Å². The van der Waals surface area contributed by atoms with Gasteiger partial charge >= 0.3 is 0 Å². The van der Waals surface area contributed by atoms with Crippen LogP contribution in [0.5, 0.6) is 0 Å². The minimum Gasteiger partial charge on any atom is -0.340 e. The zero-order valence-corrected chi connectivity index (χ0v) is 13.1. The highest BCUT2D eigenvalue weighted by Crippen LogP contribution is 2.18. The maximum Gasteiger partial charge on any atom is 0.255 e. The molecule has 0 atom stereocenters. The molecule has 1 heterocycles. The summed E-state index contributed by atoms with van der Waals surface area (Å²) in [6, 6.07) is 17.0. The van der Waals surface area contributed by atoms with Crippen LogP contribution >= 0.6 is 0 Å². The number of pyridine rings is 1. The van der Waals surface area contributed by atoms with Crippen LogP contribution < -0.4 is 10.6 Å². The van der Waals surface area contributed by atoms with E-state index in [0.29, 0.717) is 22.8 Å². The van der Waals surface area contributed by atoms with Crippen molar-refractivity contribution in [1.29, 1.82) is 0 Å². The fourth-order valence-electron chi connectivity index (χ4n) is 2.28. The zero-order chi connectivity index (χ0) is 16.9. The molecule has 0 aliphatic heterocycles. The number of nitrogens with one attached hydrogen (secondary N) is 2. The number of benzene rings is 2. The molecule has 0 radical (unpaired) electrons. The molecule has 0 aliphatic rings. The third-order valence-corrected chi connectivity index (χ3v) is 3.51. The van der Waals surface area contributed by atoms with E-state index >= 15 is 0 Å². The molecule has 0 saturated carbocycles. The molecule has 4 nitrogen and oxygen atoms in total. The summed E-state index contributed by atoms with van der Waals surface area (Å²) in [6.45, 7) is 1.89. The Labute approximate surface area is 139 Å². The van der Waals surface area contributed by atoms with Crippen LogP contribution in [0.4, 0.5) is 21.6 Å². The normalized spacial score (nSPS) is 10.2. The molecule has 2 N–H and O–H groups in total. The Kier molecular flexibility index (Phi) is 4.52. The lowest BCUT2D eigenvalue weighted by atomic mass is 10.1. The van der Waals surface area contributed by atoms with Gasteiger partial charge in [0.15, 0.2) is 0 Å². The molecule has 0 saturated heterocycles. The van der Waals surface area contributed by atoms with E-state index in [1.807, 2.05) is 25.1 Å². The topological polar surface area (TPSA) is 54.0 Å². The number of rotatable bonds is 4. The first-order valence-electron chi connectivity index (χ1n) is 7.47. The lowest BCUT2D eigenvalue weighted by Gasteiger charge is -2.09. The second-order valence-corrected chi connectivity index (χ2v) is 5.34. The fourth-order valence-corrected chi connectivity index (χ4v) is 2.28. The zero-order valence-electron chi connectivity index (χ0n) is 13.1. The standard InChI is InChI=1S/C19H16FN3O/c1-13-5-2-3-8-17(13)19(24)23-16-9-10-18(21-12-16)22-15-7-4-6-14(20)11-15/h2-12H,1H3,(H,21,22)(H,23,24). The van der Waals surface area contributed by atoms with Crippen molar-refractivity contribution in [2.45, 2.75) is 6.92 Å². The van der Waals surface area contributed by atoms with Crippen molar-refractivity contribution in [3.05, 3.63) is 83.8 Å². The van der Waals surface area contributed by atoms with E-state index in [1.165, 1.54) is 12.1 Å². The molecule has 120 valence electrons. The minimum atomic E-state index is -0.317. The van der Waals surface area contributed by atoms with Gasteiger partial charge in [-0.2, -0.15) is 0 Å². The van der Waals surface area contributed by atoms with E-state index in [4.69, 9.17) is 0 Å². The first-order valence-corrected chi connectivity index (χ1v) is 7.47. The Balaban J connectivity index is 1.68. The van der Waals surface area contributed by atoms with Gasteiger partial charge < -0.3 is 10.6 Å². The van der Waals surface area contributed by atoms with E-state index in [2.05, 4.69) is 15.6 Å². The Morgan fingerprint density at radius 2 is 1.83 bits per heavy atom. The van der Waals surface area contributed by atoms with Gasteiger partial charge in [0, 0.05) is 11.3 Å². The monoisotopic (exact) mass is 321 g/mol. The number of carbonyl (C=O) groups excluding carboxylic acids is 1. The number of aryl methyl sites for hydroxylation is 1. The minimum absolute atomic E-state index is 0.180. The van der Waals surface area contributed by atoms with Crippen LogP contribution in [0.2, 0.25) is 0 Å². The van der Waals surface area contributed by atoms with Crippen LogP contribution in [0.1, 0.15) is 15.9 Å². The van der Waals surface area contributed by atoms with Gasteiger partial charge in [0.1, 0.15) is 11.6 Å². The van der Waals surface area contributed by atoms with Gasteiger partial charge in [-0.3, -0.25) is 4.79 Å². The van der Waals surface area contributed by atoms with Crippen molar-refractivity contribution in [2.24, 2.45) is 0 Å². The third kappa shape index (κ3) is 3.76. The largest absolute Gasteiger partial charge is 0.340 e. The number of hydrogen-bond acceptors (Lipinski definition) is 3. The molecule has 5 heteroatoms. The average Bonchev–Trinajstić information content (AvgIpc) is 2.57. The molecular formula is C19H16FN3O. The maximum absolute atomic E-state index is 13.2. The quantitative estimate of drug-likeness (QED) is 0.742. The van der Waals surface area contributed by atoms with Crippen LogP contribution in [-0.2, 0) is 0 Å². The third-order valence-electron chi connectivity index (χ3n) is 3.51. The van der Waals surface area contributed by atoms with E-state index in [-0.39, 0.29) is 11.7 Å². The van der Waals surface area contributed by atoms with Crippen molar-refractivity contribution >= 4 is 23.1 Å². The highest BCUT2D eigenvalue weighted by Gasteiger charge is 2.08. The van der Waals surface area contributed by atoms with Gasteiger partial charge in [-0.25, -0.2) is 9.37 Å². The molecule has 0 fully saturated rings. The lowest BCUT2D eigenvalue weighted by Crippen LogP contribution is -2.13. The molecule has 1 amide bonds. The number of halogens is 1. The Morgan fingerprint density at radius 1 is 1.00 bits per heavy atom. The van der Waals surface area contributed by atoms with Crippen LogP contribution in [-0.4, -0.2) is 10.9 Å². The smallest absolute Gasteiger partial charge is 0.255 e. The molecule has 3 aromatic rings. The Morgan fingerprint density at radius 3 is 2.54 bits per heavy atom. The molecule has 0 spiro atoms. The summed E-state index contributed by atoms with van der Waals surface area (Å²) < 4.78 is 13.2. The summed E-state index contributed by atoms with van der Waals surface area (Å²) >= 11 is 0. The van der Waals surface area contributed by atoms with E-state index in [9.17, 15) is 9.18 Å². The predicted molar refractivity (Wildman–Crippen MR) is 93.1 cm³/mol. The fraction of sp³-hybridized carbons (Fsp3) is 0.0526. The van der Waals surface area contributed by atoms with Crippen molar-refractivity contribution in [3.8, 4) is 0 Å². The summed E-state index contributed by atoms with van der Waals surface area (Å²) in [6.07, 6.45) is 1.55. The van der Waals surface area contributed by atoms with E-state index in [0.717, 1.165) is 5.56 Å². The maximum atomic E-state index is 13.2. The number of anilines is 3. The first kappa shape index (κ1) is 15.7. The molecular weight excluding hydrogens is 305 g/mol. The summed E-state index contributed by atoms with van der Waals surface area (Å²) in [5, 5.41) is 5.81. The van der Waals surface area contributed by atoms with E-state index in [1.54, 1.807) is 36.5 Å². The van der Waals surface area contributed by atoms with Gasteiger partial charge in [0.2, 0.25) is 0 Å². The second-order valence-electron chi connectivity index (χ2n) is 5.34. The second kappa shape index (κ2) is 6.91. The van der Waals surface area contributed by atoms with Crippen LogP contribution in [0, 0.1) is 12.7 Å². The highest BCUT2D eigenvalue weighted by atomic mass is 19.1. The van der Waals surface area contributed by atoms with Crippen molar-refractivity contribution in [3.63, 3.8) is 0 Å². The molecule has 24 heavy (non-hydrogen) atoms. The number of nitrogens with zero attached hydrogens (tertiary/aromatic N) is 1. The molecule has 0 unspecified atom stereocenters. The number of aromatic nitrogens is 1. The summed E-state index contributed by atoms with van der Waals surface area (Å²) in [7, 11) is 0. The number of carbonyl (C=O) groups is 1. The SMILES string of the molecule is Cc1ccccc1C(=O)Nc1ccc(Nc2cccc(F)c2)nc1. The molecule has 1 aromatic heterocycles. The van der Waals surface area contributed by atoms with Crippen molar-refractivity contribution < 1.29 is 9.18 Å². The lowest BCUT2D eigenvalue weighted by molar-refractivity contribution is 0.102. The molecule has 0 bridgehead atoms. The predicted octanol–water partition coefficient (Wildman–Crippen LogP) is 4.53. The number of amides is 1. The summed E-state index contributed by atoms with van der Waals surface area (Å²) in [5.74, 6) is 0.0670. The first-order chi connectivity index (χ1) is 11.6. The Bertz CT molecular complexity index is 862. The van der Waals surface area contributed by atoms with Gasteiger partial charge in [-0.1, -0.05) is 24.3 Å². The van der Waals surface area contributed by atoms with Gasteiger partial charge in [-0.05, 0) is 48.9 Å².